The molecule has 0 amide bonds. The number of likely N-dealkylation sites (N-methyl/N-ethyl adjacent to an activating group) is 1. The molecule has 7 nitrogen and oxygen atoms in total. The maximum atomic E-state index is 10.6. The number of pyridine rings is 1. The number of fused-ring (bicyclic) bond motifs is 1. The van der Waals surface area contributed by atoms with E-state index < -0.39 is 0 Å². The van der Waals surface area contributed by atoms with Crippen molar-refractivity contribution in [3.05, 3.63) is 84.0 Å². The quantitative estimate of drug-likeness (QED) is 0.356. The number of allylic oxidation sites excluding steroid dienone is 2. The van der Waals surface area contributed by atoms with Crippen LogP contribution in [0.15, 0.2) is 67.2 Å². The van der Waals surface area contributed by atoms with Crippen molar-refractivity contribution in [1.82, 2.24) is 19.9 Å². The van der Waals surface area contributed by atoms with Gasteiger partial charge < -0.3 is 15.0 Å². The lowest BCUT2D eigenvalue weighted by atomic mass is 10.0. The lowest BCUT2D eigenvalue weighted by molar-refractivity contribution is 0.112. The van der Waals surface area contributed by atoms with Crippen LogP contribution in [0.25, 0.3) is 22.2 Å². The highest BCUT2D eigenvalue weighted by Gasteiger charge is 2.10. The second-order valence-electron chi connectivity index (χ2n) is 8.10. The van der Waals surface area contributed by atoms with Crippen molar-refractivity contribution in [1.29, 1.82) is 0 Å². The highest BCUT2D eigenvalue weighted by molar-refractivity contribution is 5.82. The van der Waals surface area contributed by atoms with Gasteiger partial charge in [0, 0.05) is 49.0 Å². The van der Waals surface area contributed by atoms with Gasteiger partial charge >= 0.3 is 0 Å². The van der Waals surface area contributed by atoms with E-state index in [9.17, 15) is 4.79 Å². The van der Waals surface area contributed by atoms with E-state index >= 15 is 0 Å². The number of carbonyl (C=O) groups excluding carboxylic acids is 1. The number of aldehydes is 1. The predicted molar refractivity (Wildman–Crippen MR) is 143 cm³/mol. The maximum Gasteiger partial charge on any atom is 0.222 e. The SMILES string of the molecule is C/C=C(\O/C=C/CC)c1ccc2cnc(NC)nc2c1.CN1CC=C(c2cc(C=O)ccn2)CC1. The van der Waals surface area contributed by atoms with E-state index in [0.717, 1.165) is 60.1 Å². The van der Waals surface area contributed by atoms with Gasteiger partial charge in [-0.25, -0.2) is 9.97 Å². The third-order valence-corrected chi connectivity index (χ3v) is 5.54. The minimum atomic E-state index is 0.614. The van der Waals surface area contributed by atoms with Crippen LogP contribution < -0.4 is 5.32 Å². The molecule has 182 valence electrons. The summed E-state index contributed by atoms with van der Waals surface area (Å²) in [6, 6.07) is 9.60. The molecule has 3 heterocycles. The monoisotopic (exact) mass is 471 g/mol. The molecular weight excluding hydrogens is 438 g/mol. The lowest BCUT2D eigenvalue weighted by Gasteiger charge is -2.21. The van der Waals surface area contributed by atoms with Crippen molar-refractivity contribution < 1.29 is 9.53 Å². The second-order valence-corrected chi connectivity index (χ2v) is 8.10. The van der Waals surface area contributed by atoms with Gasteiger partial charge in [0.05, 0.1) is 17.5 Å². The molecule has 7 heteroatoms. The summed E-state index contributed by atoms with van der Waals surface area (Å²) >= 11 is 0. The molecule has 3 aromatic rings. The molecule has 1 aromatic carbocycles. The van der Waals surface area contributed by atoms with Gasteiger partial charge in [-0.2, -0.15) is 0 Å². The zero-order valence-corrected chi connectivity index (χ0v) is 20.9. The normalized spacial score (nSPS) is 14.3. The number of hydrogen-bond acceptors (Lipinski definition) is 7. The van der Waals surface area contributed by atoms with E-state index in [4.69, 9.17) is 4.74 Å². The van der Waals surface area contributed by atoms with Crippen LogP contribution in [-0.2, 0) is 4.74 Å². The number of nitrogens with zero attached hydrogens (tertiary/aromatic N) is 4. The average Bonchev–Trinajstić information content (AvgIpc) is 2.91. The summed E-state index contributed by atoms with van der Waals surface area (Å²) in [5.74, 6) is 1.43. The smallest absolute Gasteiger partial charge is 0.222 e. The summed E-state index contributed by atoms with van der Waals surface area (Å²) < 4.78 is 5.64. The molecule has 1 aliphatic heterocycles. The van der Waals surface area contributed by atoms with Crippen LogP contribution in [0.1, 0.15) is 48.3 Å². The molecular formula is C28H33N5O2. The van der Waals surface area contributed by atoms with E-state index in [1.807, 2.05) is 49.5 Å². The Morgan fingerprint density at radius 3 is 2.77 bits per heavy atom. The van der Waals surface area contributed by atoms with Gasteiger partial charge in [0.2, 0.25) is 5.95 Å². The van der Waals surface area contributed by atoms with Gasteiger partial charge in [0.15, 0.2) is 0 Å². The highest BCUT2D eigenvalue weighted by atomic mass is 16.5. The Bertz CT molecular complexity index is 1230. The molecule has 4 rings (SSSR count). The summed E-state index contributed by atoms with van der Waals surface area (Å²) in [5, 5.41) is 3.95. The third kappa shape index (κ3) is 7.32. The fourth-order valence-corrected chi connectivity index (χ4v) is 3.52. The zero-order valence-electron chi connectivity index (χ0n) is 20.9. The molecule has 0 atom stereocenters. The van der Waals surface area contributed by atoms with Gasteiger partial charge in [0.25, 0.3) is 0 Å². The van der Waals surface area contributed by atoms with Crippen LogP contribution in [0.3, 0.4) is 0 Å². The van der Waals surface area contributed by atoms with E-state index in [-0.39, 0.29) is 0 Å². The number of anilines is 1. The second kappa shape index (κ2) is 13.2. The largest absolute Gasteiger partial charge is 0.465 e. The Labute approximate surface area is 207 Å². The predicted octanol–water partition coefficient (Wildman–Crippen LogP) is 5.59. The number of aromatic nitrogens is 3. The molecule has 0 unspecified atom stereocenters. The molecule has 0 radical (unpaired) electrons. The first kappa shape index (κ1) is 25.8. The molecule has 35 heavy (non-hydrogen) atoms. The van der Waals surface area contributed by atoms with E-state index in [1.165, 1.54) is 5.57 Å². The van der Waals surface area contributed by atoms with Gasteiger partial charge in [-0.15, -0.1) is 0 Å². The topological polar surface area (TPSA) is 80.2 Å². The first-order valence-corrected chi connectivity index (χ1v) is 11.8. The van der Waals surface area contributed by atoms with Gasteiger partial charge in [0.1, 0.15) is 12.0 Å². The Kier molecular flexibility index (Phi) is 9.69. The minimum Gasteiger partial charge on any atom is -0.465 e. The fourth-order valence-electron chi connectivity index (χ4n) is 3.52. The van der Waals surface area contributed by atoms with Crippen molar-refractivity contribution in [2.45, 2.75) is 26.7 Å². The number of ether oxygens (including phenoxy) is 1. The minimum absolute atomic E-state index is 0.614. The van der Waals surface area contributed by atoms with Crippen molar-refractivity contribution in [2.75, 3.05) is 32.5 Å². The summed E-state index contributed by atoms with van der Waals surface area (Å²) in [5.41, 5.74) is 4.77. The van der Waals surface area contributed by atoms with Crippen LogP contribution >= 0.6 is 0 Å². The van der Waals surface area contributed by atoms with Crippen molar-refractivity contribution in [2.24, 2.45) is 0 Å². The first-order valence-electron chi connectivity index (χ1n) is 11.8. The van der Waals surface area contributed by atoms with Gasteiger partial charge in [-0.05, 0) is 62.7 Å². The van der Waals surface area contributed by atoms with Crippen LogP contribution in [0.4, 0.5) is 5.95 Å². The van der Waals surface area contributed by atoms with Crippen molar-refractivity contribution in [3.8, 4) is 0 Å². The maximum absolute atomic E-state index is 10.6. The van der Waals surface area contributed by atoms with Crippen LogP contribution in [0.5, 0.6) is 0 Å². The third-order valence-electron chi connectivity index (χ3n) is 5.54. The van der Waals surface area contributed by atoms with Gasteiger partial charge in [-0.3, -0.25) is 9.78 Å². The standard InChI is InChI=1S/C16H19N3O.C12H14N2O/c1-4-6-9-20-15(5-2)12-7-8-13-11-18-16(17-3)19-14(13)10-12;1-14-6-3-11(4-7-14)12-8-10(9-15)2-5-13-12/h5-11H,4H2,1-3H3,(H,17,18,19);2-3,5,8-9H,4,6-7H2,1H3/b9-6+,15-5-;. The van der Waals surface area contributed by atoms with Crippen LogP contribution in [0, 0.1) is 0 Å². The molecule has 1 aliphatic rings. The number of carbonyl (C=O) groups is 1. The Morgan fingerprint density at radius 1 is 1.23 bits per heavy atom. The molecule has 0 saturated heterocycles. The fraction of sp³-hybridized carbons (Fsp3) is 0.286. The van der Waals surface area contributed by atoms with Crippen LogP contribution in [-0.4, -0.2) is 53.3 Å². The van der Waals surface area contributed by atoms with E-state index in [1.54, 1.807) is 25.6 Å². The highest BCUT2D eigenvalue weighted by Crippen LogP contribution is 2.22. The van der Waals surface area contributed by atoms with E-state index in [0.29, 0.717) is 11.5 Å². The molecule has 2 aromatic heterocycles. The Morgan fingerprint density at radius 2 is 2.09 bits per heavy atom. The number of hydrogen-bond donors (Lipinski definition) is 1. The van der Waals surface area contributed by atoms with Crippen molar-refractivity contribution >= 4 is 34.5 Å². The molecule has 0 fully saturated rings. The number of rotatable bonds is 7. The summed E-state index contributed by atoms with van der Waals surface area (Å²) in [6.07, 6.45) is 14.1. The average molecular weight is 472 g/mol. The molecule has 0 aliphatic carbocycles. The zero-order chi connectivity index (χ0) is 25.0. The summed E-state index contributed by atoms with van der Waals surface area (Å²) in [4.78, 5) is 25.8. The Hall–Kier alpha value is -3.84. The molecule has 0 spiro atoms. The summed E-state index contributed by atoms with van der Waals surface area (Å²) in [7, 11) is 3.91. The number of benzene rings is 1. The lowest BCUT2D eigenvalue weighted by Crippen LogP contribution is -2.23. The molecule has 0 bridgehead atoms. The van der Waals surface area contributed by atoms with E-state index in [2.05, 4.69) is 45.2 Å². The number of nitrogens with one attached hydrogen (secondary N) is 1. The van der Waals surface area contributed by atoms with Crippen LogP contribution in [0.2, 0.25) is 0 Å². The summed E-state index contributed by atoms with van der Waals surface area (Å²) in [6.45, 7) is 6.04. The first-order chi connectivity index (χ1) is 17.1. The van der Waals surface area contributed by atoms with Crippen molar-refractivity contribution in [3.63, 3.8) is 0 Å². The Balaban J connectivity index is 0.000000203. The van der Waals surface area contributed by atoms with Gasteiger partial charge in [-0.1, -0.05) is 25.1 Å². The molecule has 1 N–H and O–H groups in total. The molecule has 0 saturated carbocycles.